The van der Waals surface area contributed by atoms with Crippen molar-refractivity contribution in [2.24, 2.45) is 0 Å². The van der Waals surface area contributed by atoms with Crippen LogP contribution in [0.3, 0.4) is 0 Å². The highest BCUT2D eigenvalue weighted by atomic mass is 19.4. The molecule has 0 bridgehead atoms. The predicted octanol–water partition coefficient (Wildman–Crippen LogP) is 5.58. The van der Waals surface area contributed by atoms with E-state index in [-0.39, 0.29) is 24.0 Å². The summed E-state index contributed by atoms with van der Waals surface area (Å²) in [4.78, 5) is 30.1. The van der Waals surface area contributed by atoms with Crippen molar-refractivity contribution in [1.82, 2.24) is 9.80 Å². The fraction of sp³-hybridized carbons (Fsp3) is 0.310. The number of rotatable bonds is 4. The Kier molecular flexibility index (Phi) is 8.55. The van der Waals surface area contributed by atoms with E-state index in [1.54, 1.807) is 41.1 Å². The Labute approximate surface area is 219 Å². The molecule has 2 amide bonds. The molecule has 3 aromatic carbocycles. The normalized spacial score (nSPS) is 17.1. The number of nitrogens with zero attached hydrogens (tertiary/aromatic N) is 2. The van der Waals surface area contributed by atoms with Gasteiger partial charge in [0.15, 0.2) is 0 Å². The number of alkyl halides is 3. The van der Waals surface area contributed by atoms with Gasteiger partial charge in [0, 0.05) is 25.7 Å². The number of carbonyl (C=O) groups is 2. The average Bonchev–Trinajstić information content (AvgIpc) is 2.90. The molecule has 0 fully saturated rings. The molecule has 9 heteroatoms. The molecular formula is C29H29F3N2O4. The minimum Gasteiger partial charge on any atom is -0.491 e. The van der Waals surface area contributed by atoms with Crippen LogP contribution in [0, 0.1) is 0 Å². The summed E-state index contributed by atoms with van der Waals surface area (Å²) in [5, 5.41) is 0. The highest BCUT2D eigenvalue weighted by Crippen LogP contribution is 2.25. The number of hydrogen-bond donors (Lipinski definition) is 0. The number of fused-ring (bicyclic) bond motifs is 1. The van der Waals surface area contributed by atoms with Crippen LogP contribution in [0.4, 0.5) is 13.2 Å². The Bertz CT molecular complexity index is 1230. The Morgan fingerprint density at radius 1 is 0.947 bits per heavy atom. The highest BCUT2D eigenvalue weighted by Gasteiger charge is 2.32. The third kappa shape index (κ3) is 7.06. The van der Waals surface area contributed by atoms with Crippen molar-refractivity contribution in [2.45, 2.75) is 31.7 Å². The number of carbonyl (C=O) groups excluding carboxylic acids is 2. The molecule has 1 heterocycles. The number of hydrogen-bond acceptors (Lipinski definition) is 4. The van der Waals surface area contributed by atoms with Gasteiger partial charge in [-0.1, -0.05) is 42.5 Å². The van der Waals surface area contributed by atoms with E-state index in [1.165, 1.54) is 12.1 Å². The van der Waals surface area contributed by atoms with Gasteiger partial charge in [0.2, 0.25) is 0 Å². The van der Waals surface area contributed by atoms with Crippen LogP contribution in [0.1, 0.15) is 39.1 Å². The zero-order chi connectivity index (χ0) is 27.1. The maximum absolute atomic E-state index is 13.7. The quantitative estimate of drug-likeness (QED) is 0.445. The number of para-hydroxylation sites is 1. The monoisotopic (exact) mass is 526 g/mol. The molecule has 0 saturated heterocycles. The van der Waals surface area contributed by atoms with Crippen LogP contribution < -0.4 is 9.47 Å². The highest BCUT2D eigenvalue weighted by molar-refractivity contribution is 5.97. The number of halogens is 3. The summed E-state index contributed by atoms with van der Waals surface area (Å²) in [6, 6.07) is 21.3. The molecule has 0 aromatic heterocycles. The molecular weight excluding hydrogens is 497 g/mol. The smallest absolute Gasteiger partial charge is 0.491 e. The van der Waals surface area contributed by atoms with E-state index >= 15 is 0 Å². The third-order valence-corrected chi connectivity index (χ3v) is 6.39. The summed E-state index contributed by atoms with van der Waals surface area (Å²) >= 11 is 0. The lowest BCUT2D eigenvalue weighted by Crippen LogP contribution is -2.46. The largest absolute Gasteiger partial charge is 0.573 e. The molecule has 200 valence electrons. The van der Waals surface area contributed by atoms with Gasteiger partial charge in [-0.3, -0.25) is 9.59 Å². The Morgan fingerprint density at radius 3 is 2.32 bits per heavy atom. The van der Waals surface area contributed by atoms with E-state index < -0.39 is 18.2 Å². The van der Waals surface area contributed by atoms with Gasteiger partial charge in [0.05, 0.1) is 11.6 Å². The first-order chi connectivity index (χ1) is 18.2. The second-order valence-electron chi connectivity index (χ2n) is 9.16. The van der Waals surface area contributed by atoms with Gasteiger partial charge in [-0.05, 0) is 61.2 Å². The lowest BCUT2D eigenvalue weighted by molar-refractivity contribution is -0.274. The summed E-state index contributed by atoms with van der Waals surface area (Å²) in [5.74, 6) is -0.405. The Balaban J connectivity index is 1.65. The SMILES string of the molecule is CN1CCCCN(C(=O)c2ccc(OC(F)(F)F)cc2)[C@H](Cc2ccccc2)COc2ccccc2C1=O. The van der Waals surface area contributed by atoms with Crippen molar-refractivity contribution < 1.29 is 32.2 Å². The molecule has 4 rings (SSSR count). The number of ether oxygens (including phenoxy) is 2. The summed E-state index contributed by atoms with van der Waals surface area (Å²) in [5.41, 5.74) is 1.70. The van der Waals surface area contributed by atoms with Gasteiger partial charge in [0.25, 0.3) is 11.8 Å². The van der Waals surface area contributed by atoms with E-state index in [1.807, 2.05) is 30.3 Å². The molecule has 0 N–H and O–H groups in total. The van der Waals surface area contributed by atoms with Crippen molar-refractivity contribution in [2.75, 3.05) is 26.7 Å². The van der Waals surface area contributed by atoms with E-state index in [0.29, 0.717) is 43.7 Å². The van der Waals surface area contributed by atoms with Crippen molar-refractivity contribution in [3.63, 3.8) is 0 Å². The van der Waals surface area contributed by atoms with Gasteiger partial charge in [-0.25, -0.2) is 0 Å². The molecule has 3 aromatic rings. The third-order valence-electron chi connectivity index (χ3n) is 6.39. The zero-order valence-electron chi connectivity index (χ0n) is 21.0. The minimum atomic E-state index is -4.81. The van der Waals surface area contributed by atoms with Crippen LogP contribution in [0.25, 0.3) is 0 Å². The second kappa shape index (κ2) is 12.0. The zero-order valence-corrected chi connectivity index (χ0v) is 21.0. The second-order valence-corrected chi connectivity index (χ2v) is 9.16. The molecule has 0 aliphatic carbocycles. The minimum absolute atomic E-state index is 0.129. The standard InChI is InChI=1S/C29H29F3N2O4/c1-33-17-7-8-18-34(27(35)22-13-15-24(16-14-22)38-29(30,31)32)23(19-21-9-3-2-4-10-21)20-37-26-12-6-5-11-25(26)28(33)36/h2-6,9-16,23H,7-8,17-20H2,1H3/t23-/m1/s1. The summed E-state index contributed by atoms with van der Waals surface area (Å²) in [6.07, 6.45) is -3.01. The van der Waals surface area contributed by atoms with E-state index in [4.69, 9.17) is 4.74 Å². The molecule has 6 nitrogen and oxygen atoms in total. The van der Waals surface area contributed by atoms with Crippen molar-refractivity contribution in [3.8, 4) is 11.5 Å². The molecule has 38 heavy (non-hydrogen) atoms. The fourth-order valence-electron chi connectivity index (χ4n) is 4.45. The molecule has 1 atom stereocenters. The molecule has 1 aliphatic heterocycles. The first-order valence-corrected chi connectivity index (χ1v) is 12.4. The number of benzene rings is 3. The van der Waals surface area contributed by atoms with Gasteiger partial charge in [-0.15, -0.1) is 13.2 Å². The molecule has 0 spiro atoms. The maximum atomic E-state index is 13.7. The van der Waals surface area contributed by atoms with E-state index in [2.05, 4.69) is 4.74 Å². The predicted molar refractivity (Wildman–Crippen MR) is 136 cm³/mol. The first-order valence-electron chi connectivity index (χ1n) is 12.4. The van der Waals surface area contributed by atoms with E-state index in [9.17, 15) is 22.8 Å². The molecule has 0 radical (unpaired) electrons. The van der Waals surface area contributed by atoms with Gasteiger partial charge >= 0.3 is 6.36 Å². The summed E-state index contributed by atoms with van der Waals surface area (Å²) in [7, 11) is 1.73. The lowest BCUT2D eigenvalue weighted by Gasteiger charge is -2.33. The summed E-state index contributed by atoms with van der Waals surface area (Å²) in [6.45, 7) is 1.02. The van der Waals surface area contributed by atoms with Crippen LogP contribution >= 0.6 is 0 Å². The van der Waals surface area contributed by atoms with Crippen LogP contribution in [0.5, 0.6) is 11.5 Å². The topological polar surface area (TPSA) is 59.1 Å². The Morgan fingerprint density at radius 2 is 1.61 bits per heavy atom. The van der Waals surface area contributed by atoms with Crippen LogP contribution in [-0.2, 0) is 6.42 Å². The summed E-state index contributed by atoms with van der Waals surface area (Å²) < 4.78 is 47.9. The molecule has 1 aliphatic rings. The molecule has 0 saturated carbocycles. The molecule has 0 unspecified atom stereocenters. The van der Waals surface area contributed by atoms with Gasteiger partial charge in [-0.2, -0.15) is 0 Å². The first kappa shape index (κ1) is 27.0. The van der Waals surface area contributed by atoms with Crippen molar-refractivity contribution in [1.29, 1.82) is 0 Å². The maximum Gasteiger partial charge on any atom is 0.573 e. The van der Waals surface area contributed by atoms with Crippen LogP contribution in [0.15, 0.2) is 78.9 Å². The van der Waals surface area contributed by atoms with Crippen molar-refractivity contribution in [3.05, 3.63) is 95.6 Å². The van der Waals surface area contributed by atoms with Crippen LogP contribution in [0.2, 0.25) is 0 Å². The number of amides is 2. The average molecular weight is 527 g/mol. The van der Waals surface area contributed by atoms with Gasteiger partial charge < -0.3 is 19.3 Å². The van der Waals surface area contributed by atoms with Crippen molar-refractivity contribution >= 4 is 11.8 Å². The van der Waals surface area contributed by atoms with E-state index in [0.717, 1.165) is 17.7 Å². The van der Waals surface area contributed by atoms with Gasteiger partial charge in [0.1, 0.15) is 18.1 Å². The Hall–Kier alpha value is -4.01. The fourth-order valence-corrected chi connectivity index (χ4v) is 4.45. The van der Waals surface area contributed by atoms with Crippen LogP contribution in [-0.4, -0.2) is 60.8 Å². The lowest BCUT2D eigenvalue weighted by atomic mass is 10.0.